The van der Waals surface area contributed by atoms with Crippen LogP contribution in [0.4, 0.5) is 10.5 Å². The van der Waals surface area contributed by atoms with Crippen molar-refractivity contribution < 1.29 is 14.3 Å². The van der Waals surface area contributed by atoms with Crippen molar-refractivity contribution in [2.45, 2.75) is 51.2 Å². The van der Waals surface area contributed by atoms with Gasteiger partial charge in [-0.15, -0.1) is 0 Å². The first kappa shape index (κ1) is 15.3. The van der Waals surface area contributed by atoms with Crippen LogP contribution in [0.25, 0.3) is 0 Å². The lowest BCUT2D eigenvalue weighted by molar-refractivity contribution is 0.0636. The molecule has 1 aromatic carbocycles. The Bertz CT molecular complexity index is 562. The summed E-state index contributed by atoms with van der Waals surface area (Å²) in [5, 5.41) is 2.68. The maximum Gasteiger partial charge on any atom is 0.412 e. The van der Waals surface area contributed by atoms with Gasteiger partial charge in [-0.2, -0.15) is 4.99 Å². The molecule has 0 aliphatic heterocycles. The van der Waals surface area contributed by atoms with Crippen LogP contribution in [-0.2, 0) is 15.1 Å². The average Bonchev–Trinajstić information content (AvgIpc) is 2.32. The smallest absolute Gasteiger partial charge is 0.412 e. The summed E-state index contributed by atoms with van der Waals surface area (Å²) in [5.41, 5.74) is 0.689. The fourth-order valence-corrected chi connectivity index (χ4v) is 2.35. The van der Waals surface area contributed by atoms with Crippen LogP contribution in [0.2, 0.25) is 0 Å². The molecule has 1 aromatic rings. The minimum atomic E-state index is -0.529. The number of ether oxygens (including phenoxy) is 1. The Balaban J connectivity index is 2.06. The molecule has 0 unspecified atom stereocenters. The highest BCUT2D eigenvalue weighted by molar-refractivity contribution is 5.84. The number of rotatable bonds is 3. The number of nitrogens with one attached hydrogen (secondary N) is 1. The second-order valence-electron chi connectivity index (χ2n) is 6.29. The first-order valence-electron chi connectivity index (χ1n) is 7.04. The van der Waals surface area contributed by atoms with Crippen LogP contribution in [0.5, 0.6) is 0 Å². The molecule has 0 heterocycles. The predicted molar refractivity (Wildman–Crippen MR) is 79.9 cm³/mol. The zero-order valence-electron chi connectivity index (χ0n) is 12.6. The molecule has 1 saturated carbocycles. The molecule has 0 radical (unpaired) electrons. The monoisotopic (exact) mass is 288 g/mol. The van der Waals surface area contributed by atoms with E-state index in [0.29, 0.717) is 5.69 Å². The van der Waals surface area contributed by atoms with Gasteiger partial charge in [0, 0.05) is 5.69 Å². The molecule has 5 nitrogen and oxygen atoms in total. The van der Waals surface area contributed by atoms with E-state index in [2.05, 4.69) is 10.3 Å². The van der Waals surface area contributed by atoms with E-state index in [-0.39, 0.29) is 0 Å². The summed E-state index contributed by atoms with van der Waals surface area (Å²) in [7, 11) is 0. The normalized spacial score (nSPS) is 16.3. The molecule has 0 saturated heterocycles. The van der Waals surface area contributed by atoms with Gasteiger partial charge in [-0.3, -0.25) is 5.32 Å². The second kappa shape index (κ2) is 5.70. The number of hydrogen-bond acceptors (Lipinski definition) is 4. The first-order valence-corrected chi connectivity index (χ1v) is 7.04. The van der Waals surface area contributed by atoms with Gasteiger partial charge in [0.25, 0.3) is 0 Å². The minimum absolute atomic E-state index is 0.411. The van der Waals surface area contributed by atoms with Crippen molar-refractivity contribution in [1.29, 1.82) is 0 Å². The summed E-state index contributed by atoms with van der Waals surface area (Å²) in [5.74, 6) is 0. The molecule has 1 fully saturated rings. The largest absolute Gasteiger partial charge is 0.444 e. The van der Waals surface area contributed by atoms with Gasteiger partial charge >= 0.3 is 6.09 Å². The molecule has 1 aliphatic carbocycles. The van der Waals surface area contributed by atoms with Gasteiger partial charge in [0.1, 0.15) is 5.60 Å². The predicted octanol–water partition coefficient (Wildman–Crippen LogP) is 3.75. The molecule has 112 valence electrons. The maximum absolute atomic E-state index is 11.7. The quantitative estimate of drug-likeness (QED) is 0.680. The molecule has 1 amide bonds. The van der Waals surface area contributed by atoms with Gasteiger partial charge in [-0.1, -0.05) is 12.1 Å². The van der Waals surface area contributed by atoms with Crippen LogP contribution in [0.1, 0.15) is 45.6 Å². The van der Waals surface area contributed by atoms with E-state index >= 15 is 0 Å². The molecule has 21 heavy (non-hydrogen) atoms. The van der Waals surface area contributed by atoms with E-state index in [1.54, 1.807) is 18.2 Å². The van der Waals surface area contributed by atoms with Crippen LogP contribution in [0.3, 0.4) is 0 Å². The SMILES string of the molecule is CC(C)(C)OC(=O)Nc1ccc(C2(N=C=O)CCC2)cc1. The van der Waals surface area contributed by atoms with Gasteiger partial charge < -0.3 is 4.74 Å². The molecule has 0 bridgehead atoms. The van der Waals surface area contributed by atoms with E-state index < -0.39 is 17.2 Å². The van der Waals surface area contributed by atoms with Crippen molar-refractivity contribution in [2.75, 3.05) is 5.32 Å². The molecule has 1 aliphatic rings. The Hall–Kier alpha value is -2.13. The molecule has 1 N–H and O–H groups in total. The van der Waals surface area contributed by atoms with Crippen molar-refractivity contribution >= 4 is 17.9 Å². The fourth-order valence-electron chi connectivity index (χ4n) is 2.35. The number of hydrogen-bond donors (Lipinski definition) is 1. The number of anilines is 1. The minimum Gasteiger partial charge on any atom is -0.444 e. The third-order valence-electron chi connectivity index (χ3n) is 3.51. The number of carbonyl (C=O) groups is 1. The van der Waals surface area contributed by atoms with E-state index in [1.165, 1.54) is 0 Å². The Morgan fingerprint density at radius 2 is 1.90 bits per heavy atom. The number of benzene rings is 1. The second-order valence-corrected chi connectivity index (χ2v) is 6.29. The highest BCUT2D eigenvalue weighted by Gasteiger charge is 2.38. The van der Waals surface area contributed by atoms with Crippen LogP contribution in [-0.4, -0.2) is 17.8 Å². The maximum atomic E-state index is 11.7. The lowest BCUT2D eigenvalue weighted by Crippen LogP contribution is -2.31. The van der Waals surface area contributed by atoms with Gasteiger partial charge in [-0.05, 0) is 57.7 Å². The molecule has 5 heteroatoms. The van der Waals surface area contributed by atoms with Gasteiger partial charge in [0.05, 0.1) is 5.54 Å². The first-order chi connectivity index (χ1) is 9.85. The van der Waals surface area contributed by atoms with Gasteiger partial charge in [0.2, 0.25) is 6.08 Å². The van der Waals surface area contributed by atoms with Gasteiger partial charge in [0.15, 0.2) is 0 Å². The summed E-state index contributed by atoms with van der Waals surface area (Å²) in [6, 6.07) is 7.35. The Labute approximate surface area is 124 Å². The van der Waals surface area contributed by atoms with E-state index in [4.69, 9.17) is 4.74 Å². The summed E-state index contributed by atoms with van der Waals surface area (Å²) < 4.78 is 5.19. The average molecular weight is 288 g/mol. The molecule has 0 spiro atoms. The summed E-state index contributed by atoms with van der Waals surface area (Å²) in [6.07, 6.45) is 3.96. The van der Waals surface area contributed by atoms with Crippen molar-refractivity contribution in [2.24, 2.45) is 4.99 Å². The van der Waals surface area contributed by atoms with E-state index in [9.17, 15) is 9.59 Å². The van der Waals surface area contributed by atoms with E-state index in [0.717, 1.165) is 24.8 Å². The number of carbonyl (C=O) groups excluding carboxylic acids is 2. The molecule has 0 aromatic heterocycles. The Kier molecular flexibility index (Phi) is 4.14. The third kappa shape index (κ3) is 3.70. The fraction of sp³-hybridized carbons (Fsp3) is 0.500. The van der Waals surface area contributed by atoms with Crippen LogP contribution < -0.4 is 5.32 Å². The Morgan fingerprint density at radius 1 is 1.29 bits per heavy atom. The highest BCUT2D eigenvalue weighted by atomic mass is 16.6. The Morgan fingerprint density at radius 3 is 2.33 bits per heavy atom. The molecule has 2 rings (SSSR count). The van der Waals surface area contributed by atoms with E-state index in [1.807, 2.05) is 32.9 Å². The number of nitrogens with zero attached hydrogens (tertiary/aromatic N) is 1. The lowest BCUT2D eigenvalue weighted by atomic mass is 9.72. The zero-order valence-corrected chi connectivity index (χ0v) is 12.6. The molecule has 0 atom stereocenters. The molecular weight excluding hydrogens is 268 g/mol. The summed E-state index contributed by atoms with van der Waals surface area (Å²) >= 11 is 0. The lowest BCUT2D eigenvalue weighted by Gasteiger charge is -2.37. The molecular formula is C16H20N2O3. The summed E-state index contributed by atoms with van der Waals surface area (Å²) in [4.78, 5) is 26.2. The van der Waals surface area contributed by atoms with Crippen molar-refractivity contribution in [1.82, 2.24) is 0 Å². The summed E-state index contributed by atoms with van der Waals surface area (Å²) in [6.45, 7) is 5.44. The van der Waals surface area contributed by atoms with Crippen molar-refractivity contribution in [3.63, 3.8) is 0 Å². The number of isocyanates is 1. The zero-order chi connectivity index (χ0) is 15.5. The van der Waals surface area contributed by atoms with Gasteiger partial charge in [-0.25, -0.2) is 9.59 Å². The van der Waals surface area contributed by atoms with Crippen LogP contribution >= 0.6 is 0 Å². The van der Waals surface area contributed by atoms with Crippen molar-refractivity contribution in [3.05, 3.63) is 29.8 Å². The highest BCUT2D eigenvalue weighted by Crippen LogP contribution is 2.44. The number of amides is 1. The van der Waals surface area contributed by atoms with Crippen molar-refractivity contribution in [3.8, 4) is 0 Å². The number of aliphatic imine (C=N–C) groups is 1. The standard InChI is InChI=1S/C16H20N2O3/c1-15(2,3)21-14(20)18-13-7-5-12(6-8-13)16(17-11-19)9-4-10-16/h5-8H,4,9-10H2,1-3H3,(H,18,20). The topological polar surface area (TPSA) is 67.8 Å². The van der Waals surface area contributed by atoms with Crippen LogP contribution in [0, 0.1) is 0 Å². The third-order valence-corrected chi connectivity index (χ3v) is 3.51. The van der Waals surface area contributed by atoms with Crippen LogP contribution in [0.15, 0.2) is 29.3 Å².